The van der Waals surface area contributed by atoms with Gasteiger partial charge in [0.1, 0.15) is 11.0 Å². The molecular formula is C16H15ClFN3O3. The first kappa shape index (κ1) is 16.4. The Hall–Kier alpha value is -2.41. The summed E-state index contributed by atoms with van der Waals surface area (Å²) in [5, 5.41) is 13.4. The van der Waals surface area contributed by atoms with Gasteiger partial charge < -0.3 is 10.0 Å². The van der Waals surface area contributed by atoms with Crippen molar-refractivity contribution in [1.82, 2.24) is 14.7 Å². The molecule has 1 atom stereocenters. The predicted octanol–water partition coefficient (Wildman–Crippen LogP) is 2.52. The molecular weight excluding hydrogens is 337 g/mol. The number of halogens is 2. The Bertz CT molecular complexity index is 804. The second kappa shape index (κ2) is 6.24. The third-order valence-electron chi connectivity index (χ3n) is 4.11. The van der Waals surface area contributed by atoms with Gasteiger partial charge in [0.05, 0.1) is 22.9 Å². The Kier molecular flexibility index (Phi) is 4.28. The van der Waals surface area contributed by atoms with E-state index in [9.17, 15) is 14.0 Å². The lowest BCUT2D eigenvalue weighted by Crippen LogP contribution is -2.30. The minimum atomic E-state index is -0.907. The summed E-state index contributed by atoms with van der Waals surface area (Å²) in [5.41, 5.74) is 1.22. The number of carbonyl (C=O) groups excluding carboxylic acids is 1. The summed E-state index contributed by atoms with van der Waals surface area (Å²) in [6.45, 7) is 2.18. The van der Waals surface area contributed by atoms with E-state index in [4.69, 9.17) is 16.7 Å². The number of hydrogen-bond donors (Lipinski definition) is 1. The first-order chi connectivity index (χ1) is 11.4. The van der Waals surface area contributed by atoms with Crippen LogP contribution in [0.1, 0.15) is 22.5 Å². The molecule has 0 aliphatic carbocycles. The van der Waals surface area contributed by atoms with Gasteiger partial charge in [-0.3, -0.25) is 9.59 Å². The zero-order chi connectivity index (χ0) is 17.4. The number of benzene rings is 1. The van der Waals surface area contributed by atoms with Crippen molar-refractivity contribution < 1.29 is 19.1 Å². The zero-order valence-electron chi connectivity index (χ0n) is 12.9. The molecule has 1 N–H and O–H groups in total. The van der Waals surface area contributed by atoms with Gasteiger partial charge >= 0.3 is 5.97 Å². The molecule has 2 heterocycles. The van der Waals surface area contributed by atoms with Crippen molar-refractivity contribution in [2.24, 2.45) is 5.92 Å². The fourth-order valence-electron chi connectivity index (χ4n) is 2.80. The van der Waals surface area contributed by atoms with Gasteiger partial charge in [-0.05, 0) is 37.6 Å². The van der Waals surface area contributed by atoms with Gasteiger partial charge in [-0.1, -0.05) is 11.6 Å². The average Bonchev–Trinajstić information content (AvgIpc) is 3.13. The van der Waals surface area contributed by atoms with Crippen LogP contribution in [0.4, 0.5) is 4.39 Å². The number of amides is 1. The number of aliphatic carboxylic acids is 1. The fourth-order valence-corrected chi connectivity index (χ4v) is 3.15. The number of carboxylic acid groups (broad SMARTS) is 1. The molecule has 2 aromatic rings. The number of aryl methyl sites for hydroxylation is 1. The van der Waals surface area contributed by atoms with Crippen molar-refractivity contribution in [3.8, 4) is 5.69 Å². The molecule has 1 amide bonds. The maximum atomic E-state index is 13.1. The molecule has 0 spiro atoms. The van der Waals surface area contributed by atoms with E-state index in [2.05, 4.69) is 5.10 Å². The van der Waals surface area contributed by atoms with Crippen LogP contribution in [0.5, 0.6) is 0 Å². The molecule has 126 valence electrons. The second-order valence-electron chi connectivity index (χ2n) is 5.71. The molecule has 0 bridgehead atoms. The standard InChI is InChI=1S/C16H15ClFN3O3/c1-9-13(15(22)20-7-6-10(8-20)16(23)24)14(17)21(19-9)12-4-2-11(18)3-5-12/h2-5,10H,6-8H2,1H3,(H,23,24). The van der Waals surface area contributed by atoms with Gasteiger partial charge in [0.15, 0.2) is 0 Å². The molecule has 1 fully saturated rings. The van der Waals surface area contributed by atoms with Crippen LogP contribution in [0.3, 0.4) is 0 Å². The van der Waals surface area contributed by atoms with E-state index < -0.39 is 11.9 Å². The van der Waals surface area contributed by atoms with Crippen LogP contribution >= 0.6 is 11.6 Å². The number of carbonyl (C=O) groups is 2. The zero-order valence-corrected chi connectivity index (χ0v) is 13.6. The van der Waals surface area contributed by atoms with Crippen molar-refractivity contribution in [3.05, 3.63) is 46.5 Å². The first-order valence-electron chi connectivity index (χ1n) is 7.41. The fraction of sp³-hybridized carbons (Fsp3) is 0.312. The van der Waals surface area contributed by atoms with E-state index in [0.29, 0.717) is 24.3 Å². The minimum Gasteiger partial charge on any atom is -0.481 e. The Balaban J connectivity index is 1.91. The van der Waals surface area contributed by atoms with Crippen molar-refractivity contribution in [1.29, 1.82) is 0 Å². The highest BCUT2D eigenvalue weighted by Crippen LogP contribution is 2.27. The van der Waals surface area contributed by atoms with E-state index in [1.165, 1.54) is 33.8 Å². The predicted molar refractivity (Wildman–Crippen MR) is 84.9 cm³/mol. The monoisotopic (exact) mass is 351 g/mol. The van der Waals surface area contributed by atoms with Crippen LogP contribution in [0.15, 0.2) is 24.3 Å². The van der Waals surface area contributed by atoms with Crippen molar-refractivity contribution in [2.75, 3.05) is 13.1 Å². The van der Waals surface area contributed by atoms with E-state index in [1.807, 2.05) is 0 Å². The third kappa shape index (κ3) is 2.87. The van der Waals surface area contributed by atoms with Gasteiger partial charge in [0, 0.05) is 13.1 Å². The van der Waals surface area contributed by atoms with E-state index >= 15 is 0 Å². The summed E-state index contributed by atoms with van der Waals surface area (Å²) in [4.78, 5) is 25.2. The van der Waals surface area contributed by atoms with Gasteiger partial charge in [-0.15, -0.1) is 0 Å². The molecule has 1 saturated heterocycles. The number of hydrogen-bond acceptors (Lipinski definition) is 3. The van der Waals surface area contributed by atoms with Crippen molar-refractivity contribution in [2.45, 2.75) is 13.3 Å². The maximum absolute atomic E-state index is 13.1. The van der Waals surface area contributed by atoms with Crippen LogP contribution < -0.4 is 0 Å². The molecule has 24 heavy (non-hydrogen) atoms. The smallest absolute Gasteiger partial charge is 0.308 e. The first-order valence-corrected chi connectivity index (χ1v) is 7.79. The average molecular weight is 352 g/mol. The number of rotatable bonds is 3. The van der Waals surface area contributed by atoms with Gasteiger partial charge in [0.2, 0.25) is 0 Å². The number of likely N-dealkylation sites (tertiary alicyclic amines) is 1. The summed E-state index contributed by atoms with van der Waals surface area (Å²) in [7, 11) is 0. The normalized spacial score (nSPS) is 17.3. The highest BCUT2D eigenvalue weighted by molar-refractivity contribution is 6.33. The molecule has 1 aliphatic rings. The van der Waals surface area contributed by atoms with Crippen molar-refractivity contribution in [3.63, 3.8) is 0 Å². The van der Waals surface area contributed by atoms with Crippen LogP contribution in [-0.4, -0.2) is 44.8 Å². The van der Waals surface area contributed by atoms with Crippen LogP contribution in [0.25, 0.3) is 5.69 Å². The number of aromatic nitrogens is 2. The van der Waals surface area contributed by atoms with Crippen molar-refractivity contribution >= 4 is 23.5 Å². The Morgan fingerprint density at radius 1 is 1.33 bits per heavy atom. The van der Waals surface area contributed by atoms with Crippen LogP contribution in [0, 0.1) is 18.7 Å². The Morgan fingerprint density at radius 2 is 2.00 bits per heavy atom. The Labute approximate surface area is 142 Å². The topological polar surface area (TPSA) is 75.4 Å². The van der Waals surface area contributed by atoms with Gasteiger partial charge in [-0.2, -0.15) is 5.10 Å². The molecule has 8 heteroatoms. The molecule has 1 aliphatic heterocycles. The third-order valence-corrected chi connectivity index (χ3v) is 4.46. The number of nitrogens with zero attached hydrogens (tertiary/aromatic N) is 3. The molecule has 0 saturated carbocycles. The van der Waals surface area contributed by atoms with Crippen LogP contribution in [0.2, 0.25) is 5.15 Å². The summed E-state index contributed by atoms with van der Waals surface area (Å²) in [6.07, 6.45) is 0.420. The molecule has 6 nitrogen and oxygen atoms in total. The molecule has 3 rings (SSSR count). The minimum absolute atomic E-state index is 0.128. The largest absolute Gasteiger partial charge is 0.481 e. The lowest BCUT2D eigenvalue weighted by atomic mass is 10.1. The highest BCUT2D eigenvalue weighted by Gasteiger charge is 2.34. The van der Waals surface area contributed by atoms with E-state index in [1.54, 1.807) is 6.92 Å². The highest BCUT2D eigenvalue weighted by atomic mass is 35.5. The molecule has 1 aromatic carbocycles. The van der Waals surface area contributed by atoms with Crippen LogP contribution in [-0.2, 0) is 4.79 Å². The lowest BCUT2D eigenvalue weighted by Gasteiger charge is -2.15. The van der Waals surface area contributed by atoms with Gasteiger partial charge in [-0.25, -0.2) is 9.07 Å². The lowest BCUT2D eigenvalue weighted by molar-refractivity contribution is -0.141. The molecule has 0 radical (unpaired) electrons. The molecule has 1 unspecified atom stereocenters. The van der Waals surface area contributed by atoms with E-state index in [-0.39, 0.29) is 29.0 Å². The maximum Gasteiger partial charge on any atom is 0.308 e. The SMILES string of the molecule is Cc1nn(-c2ccc(F)cc2)c(Cl)c1C(=O)N1CCC(C(=O)O)C1. The second-order valence-corrected chi connectivity index (χ2v) is 6.07. The summed E-state index contributed by atoms with van der Waals surface area (Å²) in [5.74, 6) is -2.18. The molecule has 1 aromatic heterocycles. The summed E-state index contributed by atoms with van der Waals surface area (Å²) >= 11 is 6.32. The summed E-state index contributed by atoms with van der Waals surface area (Å²) < 4.78 is 14.4. The Morgan fingerprint density at radius 3 is 2.58 bits per heavy atom. The quantitative estimate of drug-likeness (QED) is 0.922. The summed E-state index contributed by atoms with van der Waals surface area (Å²) in [6, 6.07) is 5.58. The van der Waals surface area contributed by atoms with E-state index in [0.717, 1.165) is 0 Å². The van der Waals surface area contributed by atoms with Gasteiger partial charge in [0.25, 0.3) is 5.91 Å². The number of carboxylic acids is 1.